The highest BCUT2D eigenvalue weighted by molar-refractivity contribution is 7.16. The zero-order valence-corrected chi connectivity index (χ0v) is 23.7. The maximum atomic E-state index is 13.8. The number of aromatic nitrogens is 5. The number of rotatable bonds is 8. The van der Waals surface area contributed by atoms with E-state index in [0.29, 0.717) is 46.1 Å². The van der Waals surface area contributed by atoms with Crippen LogP contribution >= 0.6 is 11.3 Å². The number of carbonyl (C=O) groups is 1. The lowest BCUT2D eigenvalue weighted by Crippen LogP contribution is -2.43. The maximum Gasteiger partial charge on any atom is 0.251 e. The third-order valence-corrected chi connectivity index (χ3v) is 9.03. The first kappa shape index (κ1) is 26.5. The van der Waals surface area contributed by atoms with Crippen LogP contribution in [0.5, 0.6) is 11.5 Å². The van der Waals surface area contributed by atoms with E-state index in [2.05, 4.69) is 20.5 Å². The third-order valence-electron chi connectivity index (χ3n) is 8.26. The van der Waals surface area contributed by atoms with E-state index in [1.54, 1.807) is 42.4 Å². The summed E-state index contributed by atoms with van der Waals surface area (Å²) in [6.07, 6.45) is 4.82. The van der Waals surface area contributed by atoms with Crippen LogP contribution in [0.4, 0.5) is 4.39 Å². The van der Waals surface area contributed by atoms with Crippen molar-refractivity contribution in [3.63, 3.8) is 0 Å². The summed E-state index contributed by atoms with van der Waals surface area (Å²) in [5.41, 5.74) is 3.00. The summed E-state index contributed by atoms with van der Waals surface area (Å²) >= 11 is 1.42. The van der Waals surface area contributed by atoms with Crippen LogP contribution in [-0.2, 0) is 11.1 Å². The SMILES string of the molecule is COc1cc(C(=O)NCC(O)(c2cc3c(c(-c4ccc(F)cc4)n2)OC[C@]3(C)n2cnnc2)C2CC2)cc2scnc12. The molecule has 42 heavy (non-hydrogen) atoms. The van der Waals surface area contributed by atoms with E-state index in [9.17, 15) is 14.3 Å². The Morgan fingerprint density at radius 3 is 2.71 bits per heavy atom. The number of pyridine rings is 1. The van der Waals surface area contributed by atoms with Gasteiger partial charge in [-0.3, -0.25) is 4.79 Å². The summed E-state index contributed by atoms with van der Waals surface area (Å²) < 4.78 is 28.2. The topological polar surface area (TPSA) is 124 Å². The molecule has 2 atom stereocenters. The predicted octanol–water partition coefficient (Wildman–Crippen LogP) is 4.28. The highest BCUT2D eigenvalue weighted by Crippen LogP contribution is 2.50. The van der Waals surface area contributed by atoms with Gasteiger partial charge in [-0.1, -0.05) is 0 Å². The Hall–Kier alpha value is -4.42. The molecule has 2 aromatic carbocycles. The molecular weight excluding hydrogens is 559 g/mol. The van der Waals surface area contributed by atoms with Crippen molar-refractivity contribution in [3.8, 4) is 22.8 Å². The standard InChI is InChI=1S/C30H27FN6O4S/c1-29(37-14-34-35-15-37)13-41-27-21(29)11-24(36-25(27)17-3-7-20(31)8-4-17)30(39,19-5-6-19)12-32-28(38)18-9-22(40-2)26-23(10-18)42-16-33-26/h3-4,7-11,14-16,19,39H,5-6,12-13H2,1-2H3,(H,32,38)/t29-,30?/m0/s1. The number of aliphatic hydroxyl groups is 1. The van der Waals surface area contributed by atoms with Crippen molar-refractivity contribution in [2.45, 2.75) is 30.9 Å². The van der Waals surface area contributed by atoms with Gasteiger partial charge in [-0.25, -0.2) is 14.4 Å². The Morgan fingerprint density at radius 1 is 1.24 bits per heavy atom. The van der Waals surface area contributed by atoms with E-state index in [1.165, 1.54) is 30.6 Å². The molecule has 0 bridgehead atoms. The number of nitrogens with zero attached hydrogens (tertiary/aromatic N) is 5. The molecule has 1 aliphatic heterocycles. The zero-order valence-electron chi connectivity index (χ0n) is 22.9. The second kappa shape index (κ2) is 9.85. The molecule has 1 saturated carbocycles. The van der Waals surface area contributed by atoms with E-state index in [1.807, 2.05) is 17.6 Å². The molecule has 1 fully saturated rings. The van der Waals surface area contributed by atoms with Gasteiger partial charge in [-0.05, 0) is 68.1 Å². The first-order chi connectivity index (χ1) is 20.3. The number of amides is 1. The smallest absolute Gasteiger partial charge is 0.251 e. The van der Waals surface area contributed by atoms with Crippen molar-refractivity contribution in [2.24, 2.45) is 5.92 Å². The van der Waals surface area contributed by atoms with Gasteiger partial charge in [-0.15, -0.1) is 21.5 Å². The fourth-order valence-corrected chi connectivity index (χ4v) is 6.34. The van der Waals surface area contributed by atoms with Crippen LogP contribution in [-0.4, -0.2) is 56.0 Å². The van der Waals surface area contributed by atoms with E-state index in [0.717, 1.165) is 23.1 Å². The van der Waals surface area contributed by atoms with Crippen LogP contribution < -0.4 is 14.8 Å². The zero-order chi connectivity index (χ0) is 29.1. The average Bonchev–Trinajstić information content (AvgIpc) is 3.37. The first-order valence-electron chi connectivity index (χ1n) is 13.5. The number of hydrogen-bond donors (Lipinski definition) is 2. The molecule has 0 spiro atoms. The van der Waals surface area contributed by atoms with Crippen LogP contribution in [0.1, 0.15) is 41.4 Å². The molecular formula is C30H27FN6O4S. The number of carbonyl (C=O) groups excluding carboxylic acids is 1. The average molecular weight is 587 g/mol. The fraction of sp³-hybridized carbons (Fsp3) is 0.300. The highest BCUT2D eigenvalue weighted by Gasteiger charge is 2.49. The Balaban J connectivity index is 1.29. The third kappa shape index (κ3) is 4.29. The van der Waals surface area contributed by atoms with Gasteiger partial charge in [0.1, 0.15) is 53.2 Å². The molecule has 5 aromatic rings. The fourth-order valence-electron chi connectivity index (χ4n) is 5.61. The summed E-state index contributed by atoms with van der Waals surface area (Å²) in [6.45, 7) is 2.24. The molecule has 10 nitrogen and oxygen atoms in total. The molecule has 2 aliphatic rings. The van der Waals surface area contributed by atoms with Gasteiger partial charge in [0.2, 0.25) is 0 Å². The molecule has 3 aromatic heterocycles. The van der Waals surface area contributed by atoms with Gasteiger partial charge in [-0.2, -0.15) is 0 Å². The number of methoxy groups -OCH3 is 1. The van der Waals surface area contributed by atoms with Crippen LogP contribution in [0, 0.1) is 11.7 Å². The van der Waals surface area contributed by atoms with Gasteiger partial charge >= 0.3 is 0 Å². The van der Waals surface area contributed by atoms with Crippen molar-refractivity contribution in [1.82, 2.24) is 30.0 Å². The predicted molar refractivity (Wildman–Crippen MR) is 153 cm³/mol. The Morgan fingerprint density at radius 2 is 2.00 bits per heavy atom. The number of halogens is 1. The number of hydrogen-bond acceptors (Lipinski definition) is 9. The second-order valence-electron chi connectivity index (χ2n) is 10.9. The number of nitrogens with one attached hydrogen (secondary N) is 1. The summed E-state index contributed by atoms with van der Waals surface area (Å²) in [5.74, 6) is 0.237. The molecule has 1 amide bonds. The van der Waals surface area contributed by atoms with Crippen molar-refractivity contribution in [2.75, 3.05) is 20.3 Å². The summed E-state index contributed by atoms with van der Waals surface area (Å²) in [6, 6.07) is 11.3. The van der Waals surface area contributed by atoms with E-state index in [4.69, 9.17) is 14.5 Å². The van der Waals surface area contributed by atoms with Gasteiger partial charge in [0, 0.05) is 16.7 Å². The van der Waals surface area contributed by atoms with Crippen LogP contribution in [0.15, 0.2) is 60.6 Å². The van der Waals surface area contributed by atoms with Gasteiger partial charge in [0.05, 0.1) is 29.6 Å². The molecule has 2 N–H and O–H groups in total. The maximum absolute atomic E-state index is 13.8. The van der Waals surface area contributed by atoms with Crippen molar-refractivity contribution < 1.29 is 23.8 Å². The second-order valence-corrected chi connectivity index (χ2v) is 11.8. The van der Waals surface area contributed by atoms with Crippen LogP contribution in [0.25, 0.3) is 21.5 Å². The lowest BCUT2D eigenvalue weighted by Gasteiger charge is -2.30. The minimum absolute atomic E-state index is 0.0572. The van der Waals surface area contributed by atoms with Gasteiger partial charge in [0.15, 0.2) is 5.75 Å². The quantitative estimate of drug-likeness (QED) is 0.276. The normalized spacial score (nSPS) is 19.2. The van der Waals surface area contributed by atoms with E-state index < -0.39 is 11.1 Å². The Labute approximate surface area is 244 Å². The molecule has 1 aliphatic carbocycles. The van der Waals surface area contributed by atoms with E-state index >= 15 is 0 Å². The summed E-state index contributed by atoms with van der Waals surface area (Å²) in [4.78, 5) is 22.6. The minimum Gasteiger partial charge on any atom is -0.494 e. The minimum atomic E-state index is -1.46. The molecule has 214 valence electrons. The molecule has 4 heterocycles. The van der Waals surface area contributed by atoms with Crippen LogP contribution in [0.2, 0.25) is 0 Å². The lowest BCUT2D eigenvalue weighted by molar-refractivity contribution is 0.00945. The lowest BCUT2D eigenvalue weighted by atomic mass is 9.86. The van der Waals surface area contributed by atoms with Gasteiger partial charge < -0.3 is 24.5 Å². The molecule has 12 heteroatoms. The number of ether oxygens (including phenoxy) is 2. The number of thiazole rings is 1. The van der Waals surface area contributed by atoms with E-state index in [-0.39, 0.29) is 24.2 Å². The Kier molecular flexibility index (Phi) is 6.21. The highest BCUT2D eigenvalue weighted by atomic mass is 32.1. The number of fused-ring (bicyclic) bond motifs is 2. The van der Waals surface area contributed by atoms with Crippen molar-refractivity contribution in [1.29, 1.82) is 0 Å². The molecule has 1 unspecified atom stereocenters. The molecule has 7 rings (SSSR count). The van der Waals surface area contributed by atoms with Gasteiger partial charge in [0.25, 0.3) is 5.91 Å². The largest absolute Gasteiger partial charge is 0.494 e. The van der Waals surface area contributed by atoms with Crippen LogP contribution in [0.3, 0.4) is 0 Å². The number of benzene rings is 2. The first-order valence-corrected chi connectivity index (χ1v) is 14.4. The Bertz CT molecular complexity index is 1810. The molecule has 0 radical (unpaired) electrons. The summed E-state index contributed by atoms with van der Waals surface area (Å²) in [5, 5.41) is 23.2. The monoisotopic (exact) mass is 586 g/mol. The molecule has 0 saturated heterocycles. The van der Waals surface area contributed by atoms with Crippen molar-refractivity contribution in [3.05, 3.63) is 83.3 Å². The summed E-state index contributed by atoms with van der Waals surface area (Å²) in [7, 11) is 1.54. The van der Waals surface area contributed by atoms with Crippen molar-refractivity contribution >= 4 is 27.5 Å².